The van der Waals surface area contributed by atoms with Crippen LogP contribution >= 0.6 is 0 Å². The van der Waals surface area contributed by atoms with Gasteiger partial charge in [-0.3, -0.25) is 9.35 Å². The Kier molecular flexibility index (Phi) is 23.2. The van der Waals surface area contributed by atoms with Crippen LogP contribution in [0.5, 0.6) is 0 Å². The summed E-state index contributed by atoms with van der Waals surface area (Å²) in [7, 11) is -5.09. The highest BCUT2D eigenvalue weighted by Crippen LogP contribution is 2.26. The first-order valence-corrected chi connectivity index (χ1v) is 18.5. The van der Waals surface area contributed by atoms with Crippen molar-refractivity contribution < 1.29 is 57.0 Å². The Bertz CT molecular complexity index is 921. The van der Waals surface area contributed by atoms with Crippen LogP contribution in [0.2, 0.25) is 0 Å². The smallest absolute Gasteiger partial charge is 0.394 e. The molecule has 1 rings (SSSR count). The first kappa shape index (κ1) is 42.8. The minimum absolute atomic E-state index is 0.251. The predicted octanol–water partition coefficient (Wildman–Crippen LogP) is 3.06. The predicted molar refractivity (Wildman–Crippen MR) is 173 cm³/mol. The fourth-order valence-electron chi connectivity index (χ4n) is 5.34. The summed E-state index contributed by atoms with van der Waals surface area (Å²) in [5, 5.41) is 54.2. The van der Waals surface area contributed by atoms with Gasteiger partial charge in [-0.05, 0) is 38.5 Å². The van der Waals surface area contributed by atoms with Crippen molar-refractivity contribution in [3.05, 3.63) is 12.2 Å². The minimum atomic E-state index is -5.09. The van der Waals surface area contributed by atoms with Crippen LogP contribution in [-0.4, -0.2) is 107 Å². The molecule has 0 aromatic rings. The van der Waals surface area contributed by atoms with Crippen LogP contribution in [0.3, 0.4) is 0 Å². The van der Waals surface area contributed by atoms with Crippen molar-refractivity contribution in [2.24, 2.45) is 0 Å². The van der Waals surface area contributed by atoms with E-state index >= 15 is 0 Å². The van der Waals surface area contributed by atoms with Gasteiger partial charge < -0.3 is 40.3 Å². The zero-order chi connectivity index (χ0) is 34.4. The quantitative estimate of drug-likeness (QED) is 0.0378. The number of unbranched alkanes of at least 4 members (excludes halogenated alkanes) is 12. The summed E-state index contributed by atoms with van der Waals surface area (Å²) in [6, 6.07) is -1.03. The number of allylic oxidation sites excluding steroid dienone is 2. The van der Waals surface area contributed by atoms with Crippen molar-refractivity contribution in [3.8, 4) is 0 Å². The first-order valence-electron chi connectivity index (χ1n) is 17.2. The topological polar surface area (TPSA) is 212 Å². The zero-order valence-electron chi connectivity index (χ0n) is 27.7. The van der Waals surface area contributed by atoms with Crippen LogP contribution in [0.4, 0.5) is 0 Å². The average Bonchev–Trinajstić information content (AvgIpc) is 3.01. The van der Waals surface area contributed by atoms with E-state index in [-0.39, 0.29) is 6.42 Å². The Morgan fingerprint density at radius 2 is 1.39 bits per heavy atom. The summed E-state index contributed by atoms with van der Waals surface area (Å²) in [5.74, 6) is -0.689. The number of amides is 1. The lowest BCUT2D eigenvalue weighted by molar-refractivity contribution is -0.298. The SMILES string of the molecule is CCCCCC/C=C\CCCCCCCCC(O)C(=O)NC(COC1OC(CO)C(O)C(OS(=O)(=O)O)C1O)C(O)CCCCC. The maximum atomic E-state index is 12.8. The van der Waals surface area contributed by atoms with Crippen LogP contribution in [0.25, 0.3) is 0 Å². The van der Waals surface area contributed by atoms with E-state index in [1.807, 2.05) is 6.92 Å². The molecule has 0 radical (unpaired) electrons. The molecule has 7 N–H and O–H groups in total. The van der Waals surface area contributed by atoms with Crippen LogP contribution in [0, 0.1) is 0 Å². The van der Waals surface area contributed by atoms with Gasteiger partial charge in [-0.15, -0.1) is 0 Å². The summed E-state index contributed by atoms with van der Waals surface area (Å²) in [5.41, 5.74) is 0. The lowest BCUT2D eigenvalue weighted by Gasteiger charge is -2.41. The van der Waals surface area contributed by atoms with Gasteiger partial charge in [-0.25, -0.2) is 4.18 Å². The monoisotopic (exact) mass is 683 g/mol. The molecule has 0 aromatic heterocycles. The second-order valence-corrected chi connectivity index (χ2v) is 13.3. The van der Waals surface area contributed by atoms with Crippen LogP contribution in [0.15, 0.2) is 12.2 Å². The third kappa shape index (κ3) is 18.4. The third-order valence-corrected chi connectivity index (χ3v) is 8.65. The molecule has 1 amide bonds. The van der Waals surface area contributed by atoms with Gasteiger partial charge in [0.25, 0.3) is 0 Å². The van der Waals surface area contributed by atoms with Crippen molar-refractivity contribution in [3.63, 3.8) is 0 Å². The number of aliphatic hydroxyl groups is 5. The standard InChI is InChI=1S/C32H61NO12S/c1-3-5-7-8-9-10-11-12-13-14-15-16-17-19-21-26(36)31(39)33-24(25(35)20-18-6-4-2)23-43-32-29(38)30(45-46(40,41)42)28(37)27(22-34)44-32/h10-11,24-30,32,34-38H,3-9,12-23H2,1-2H3,(H,33,39)(H,40,41,42)/b11-10-. The number of carbonyl (C=O) groups excluding carboxylic acids is 1. The Morgan fingerprint density at radius 3 is 1.98 bits per heavy atom. The second kappa shape index (κ2) is 24.9. The molecule has 8 unspecified atom stereocenters. The van der Waals surface area contributed by atoms with E-state index in [0.29, 0.717) is 19.3 Å². The first-order chi connectivity index (χ1) is 21.9. The van der Waals surface area contributed by atoms with Gasteiger partial charge >= 0.3 is 10.4 Å². The van der Waals surface area contributed by atoms with Crippen LogP contribution in [-0.2, 0) is 28.9 Å². The van der Waals surface area contributed by atoms with E-state index in [1.54, 1.807) is 0 Å². The number of hydrogen-bond donors (Lipinski definition) is 7. The van der Waals surface area contributed by atoms with Crippen molar-refractivity contribution in [1.82, 2.24) is 5.32 Å². The lowest BCUT2D eigenvalue weighted by atomic mass is 9.99. The lowest BCUT2D eigenvalue weighted by Crippen LogP contribution is -2.61. The van der Waals surface area contributed by atoms with Crippen molar-refractivity contribution in [2.75, 3.05) is 13.2 Å². The summed E-state index contributed by atoms with van der Waals surface area (Å²) < 4.78 is 46.8. The molecule has 8 atom stereocenters. The number of hydrogen-bond acceptors (Lipinski definition) is 11. The number of nitrogens with one attached hydrogen (secondary N) is 1. The van der Waals surface area contributed by atoms with Gasteiger partial charge in [0.2, 0.25) is 5.91 Å². The molecule has 14 heteroatoms. The van der Waals surface area contributed by atoms with Crippen molar-refractivity contribution in [2.45, 2.75) is 172 Å². The fraction of sp³-hybridized carbons (Fsp3) is 0.906. The molecule has 0 bridgehead atoms. The molecule has 0 aromatic carbocycles. The van der Waals surface area contributed by atoms with E-state index in [0.717, 1.165) is 57.8 Å². The maximum Gasteiger partial charge on any atom is 0.397 e. The van der Waals surface area contributed by atoms with Gasteiger partial charge in [0, 0.05) is 0 Å². The summed E-state index contributed by atoms with van der Waals surface area (Å²) in [6.07, 6.45) is 9.72. The molecular weight excluding hydrogens is 622 g/mol. The molecule has 1 aliphatic heterocycles. The fourth-order valence-corrected chi connectivity index (χ4v) is 5.85. The molecule has 1 aliphatic rings. The number of aliphatic hydroxyl groups excluding tert-OH is 5. The molecule has 0 saturated carbocycles. The maximum absolute atomic E-state index is 12.8. The van der Waals surface area contributed by atoms with Crippen molar-refractivity contribution >= 4 is 16.3 Å². The molecule has 46 heavy (non-hydrogen) atoms. The highest BCUT2D eigenvalue weighted by molar-refractivity contribution is 7.80. The molecule has 1 saturated heterocycles. The van der Waals surface area contributed by atoms with Gasteiger partial charge in [-0.2, -0.15) is 8.42 Å². The van der Waals surface area contributed by atoms with Crippen molar-refractivity contribution in [1.29, 1.82) is 0 Å². The number of rotatable bonds is 27. The molecule has 272 valence electrons. The van der Waals surface area contributed by atoms with Gasteiger partial charge in [-0.1, -0.05) is 96.6 Å². The Hall–Kier alpha value is -1.20. The third-order valence-electron chi connectivity index (χ3n) is 8.18. The van der Waals surface area contributed by atoms with E-state index in [1.165, 1.54) is 25.7 Å². The normalized spacial score (nSPS) is 24.2. The molecule has 1 fully saturated rings. The summed E-state index contributed by atoms with van der Waals surface area (Å²) in [4.78, 5) is 12.8. The largest absolute Gasteiger partial charge is 0.397 e. The Balaban J connectivity index is 2.55. The van der Waals surface area contributed by atoms with Gasteiger partial charge in [0.05, 0.1) is 25.4 Å². The molecule has 13 nitrogen and oxygen atoms in total. The Labute approximate surface area is 275 Å². The zero-order valence-corrected chi connectivity index (χ0v) is 28.6. The van der Waals surface area contributed by atoms with Gasteiger partial charge in [0.1, 0.15) is 30.5 Å². The van der Waals surface area contributed by atoms with Gasteiger partial charge in [0.15, 0.2) is 6.29 Å². The number of carbonyl (C=O) groups is 1. The van der Waals surface area contributed by atoms with E-state index < -0.39 is 78.5 Å². The van der Waals surface area contributed by atoms with E-state index in [4.69, 9.17) is 14.0 Å². The molecule has 0 aliphatic carbocycles. The minimum Gasteiger partial charge on any atom is -0.394 e. The van der Waals surface area contributed by atoms with E-state index in [2.05, 4.69) is 28.6 Å². The molecule has 1 heterocycles. The molecular formula is C32H61NO12S. The summed E-state index contributed by atoms with van der Waals surface area (Å²) in [6.45, 7) is 3.00. The average molecular weight is 684 g/mol. The highest BCUT2D eigenvalue weighted by Gasteiger charge is 2.48. The molecule has 0 spiro atoms. The number of ether oxygens (including phenoxy) is 2. The Morgan fingerprint density at radius 1 is 0.848 bits per heavy atom. The highest BCUT2D eigenvalue weighted by atomic mass is 32.3. The second-order valence-electron chi connectivity index (χ2n) is 12.2. The summed E-state index contributed by atoms with van der Waals surface area (Å²) >= 11 is 0. The van der Waals surface area contributed by atoms with E-state index in [9.17, 15) is 38.7 Å². The van der Waals surface area contributed by atoms with Crippen LogP contribution in [0.1, 0.15) is 123 Å². The van der Waals surface area contributed by atoms with Crippen LogP contribution < -0.4 is 5.32 Å².